The molecular weight excluding hydrogens is 280 g/mol. The topological polar surface area (TPSA) is 75.7 Å². The van der Waals surface area contributed by atoms with Crippen molar-refractivity contribution in [3.8, 4) is 0 Å². The summed E-state index contributed by atoms with van der Waals surface area (Å²) in [6, 6.07) is -1.25. The van der Waals surface area contributed by atoms with Crippen LogP contribution < -0.4 is 5.32 Å². The molecule has 1 heterocycles. The van der Waals surface area contributed by atoms with Gasteiger partial charge in [0.05, 0.1) is 13.0 Å². The number of rotatable bonds is 3. The Balaban J connectivity index is 2.72. The number of nitrogens with zero attached hydrogens (tertiary/aromatic N) is 1. The van der Waals surface area contributed by atoms with Gasteiger partial charge in [-0.15, -0.1) is 11.8 Å². The highest BCUT2D eigenvalue weighted by Crippen LogP contribution is 2.27. The standard InChI is InChI=1S/C13H22N2O4S/c1-8(11(17)19-5)14-10(16)9-6-20-7-15(9)12(18)13(2,3)4/h8-9H,6-7H2,1-5H3,(H,14,16)/t8-,9?/m0/s1. The Morgan fingerprint density at radius 3 is 2.45 bits per heavy atom. The van der Waals surface area contributed by atoms with Crippen LogP contribution in [0.4, 0.5) is 0 Å². The summed E-state index contributed by atoms with van der Waals surface area (Å²) in [6.07, 6.45) is 0. The van der Waals surface area contributed by atoms with Crippen molar-refractivity contribution < 1.29 is 19.1 Å². The summed E-state index contributed by atoms with van der Waals surface area (Å²) in [5.74, 6) is 0.166. The molecule has 1 rings (SSSR count). The molecular formula is C13H22N2O4S. The highest BCUT2D eigenvalue weighted by atomic mass is 32.2. The van der Waals surface area contributed by atoms with Gasteiger partial charge in [0.15, 0.2) is 0 Å². The van der Waals surface area contributed by atoms with E-state index in [-0.39, 0.29) is 11.8 Å². The summed E-state index contributed by atoms with van der Waals surface area (Å²) in [7, 11) is 1.27. The van der Waals surface area contributed by atoms with Crippen LogP contribution in [0.15, 0.2) is 0 Å². The summed E-state index contributed by atoms with van der Waals surface area (Å²) in [5, 5.41) is 2.59. The van der Waals surface area contributed by atoms with E-state index in [1.807, 2.05) is 20.8 Å². The van der Waals surface area contributed by atoms with Gasteiger partial charge in [-0.05, 0) is 6.92 Å². The molecule has 0 aliphatic carbocycles. The van der Waals surface area contributed by atoms with E-state index in [0.717, 1.165) is 0 Å². The van der Waals surface area contributed by atoms with Crippen molar-refractivity contribution in [1.29, 1.82) is 0 Å². The van der Waals surface area contributed by atoms with Crippen LogP contribution in [0.25, 0.3) is 0 Å². The highest BCUT2D eigenvalue weighted by molar-refractivity contribution is 7.99. The minimum absolute atomic E-state index is 0.0617. The van der Waals surface area contributed by atoms with Crippen LogP contribution in [-0.2, 0) is 19.1 Å². The van der Waals surface area contributed by atoms with Gasteiger partial charge in [-0.1, -0.05) is 20.8 Å². The maximum Gasteiger partial charge on any atom is 0.328 e. The third-order valence-corrected chi connectivity index (χ3v) is 4.01. The molecule has 2 amide bonds. The fourth-order valence-corrected chi connectivity index (χ4v) is 2.99. The van der Waals surface area contributed by atoms with Gasteiger partial charge in [-0.2, -0.15) is 0 Å². The molecule has 20 heavy (non-hydrogen) atoms. The second-order valence-electron chi connectivity index (χ2n) is 5.79. The Labute approximate surface area is 123 Å². The molecule has 1 aliphatic rings. The number of methoxy groups -OCH3 is 1. The first-order chi connectivity index (χ1) is 9.18. The lowest BCUT2D eigenvalue weighted by atomic mass is 9.94. The van der Waals surface area contributed by atoms with Gasteiger partial charge >= 0.3 is 5.97 Å². The average Bonchev–Trinajstić information content (AvgIpc) is 2.84. The van der Waals surface area contributed by atoms with Crippen molar-refractivity contribution in [2.75, 3.05) is 18.7 Å². The molecule has 114 valence electrons. The molecule has 0 aromatic heterocycles. The van der Waals surface area contributed by atoms with Crippen molar-refractivity contribution in [2.45, 2.75) is 39.8 Å². The number of thioether (sulfide) groups is 1. The zero-order valence-corrected chi connectivity index (χ0v) is 13.4. The molecule has 0 saturated carbocycles. The number of hydrogen-bond donors (Lipinski definition) is 1. The largest absolute Gasteiger partial charge is 0.467 e. The molecule has 0 spiro atoms. The molecule has 6 nitrogen and oxygen atoms in total. The highest BCUT2D eigenvalue weighted by Gasteiger charge is 2.39. The fraction of sp³-hybridized carbons (Fsp3) is 0.769. The Kier molecular flexibility index (Phi) is 5.44. The van der Waals surface area contributed by atoms with Crippen LogP contribution in [0.2, 0.25) is 0 Å². The van der Waals surface area contributed by atoms with Crippen LogP contribution in [0.1, 0.15) is 27.7 Å². The molecule has 1 fully saturated rings. The number of esters is 1. The van der Waals surface area contributed by atoms with Crippen molar-refractivity contribution in [2.24, 2.45) is 5.41 Å². The first kappa shape index (κ1) is 16.8. The third kappa shape index (κ3) is 3.88. The molecule has 7 heteroatoms. The van der Waals surface area contributed by atoms with E-state index in [1.165, 1.54) is 18.9 Å². The second-order valence-corrected chi connectivity index (χ2v) is 6.79. The molecule has 1 unspecified atom stereocenters. The smallest absolute Gasteiger partial charge is 0.328 e. The number of carbonyl (C=O) groups excluding carboxylic acids is 3. The lowest BCUT2D eigenvalue weighted by Crippen LogP contribution is -2.53. The summed E-state index contributed by atoms with van der Waals surface area (Å²) in [5.41, 5.74) is -0.530. The lowest BCUT2D eigenvalue weighted by Gasteiger charge is -2.29. The number of carbonyl (C=O) groups is 3. The average molecular weight is 302 g/mol. The van der Waals surface area contributed by atoms with Crippen molar-refractivity contribution in [1.82, 2.24) is 10.2 Å². The Morgan fingerprint density at radius 1 is 1.35 bits per heavy atom. The van der Waals surface area contributed by atoms with E-state index in [1.54, 1.807) is 11.8 Å². The van der Waals surface area contributed by atoms with Gasteiger partial charge in [-0.25, -0.2) is 4.79 Å². The van der Waals surface area contributed by atoms with E-state index in [0.29, 0.717) is 11.6 Å². The molecule has 2 atom stereocenters. The molecule has 1 aliphatic heterocycles. The van der Waals surface area contributed by atoms with Crippen molar-refractivity contribution in [3.05, 3.63) is 0 Å². The predicted octanol–water partition coefficient (Wildman–Crippen LogP) is 0.612. The SMILES string of the molecule is COC(=O)[C@H](C)NC(=O)C1CSCN1C(=O)C(C)(C)C. The van der Waals surface area contributed by atoms with Crippen LogP contribution in [0, 0.1) is 5.41 Å². The number of hydrogen-bond acceptors (Lipinski definition) is 5. The molecule has 0 aromatic carbocycles. The molecule has 1 saturated heterocycles. The number of amides is 2. The molecule has 0 bridgehead atoms. The zero-order chi connectivity index (χ0) is 15.5. The normalized spacial score (nSPS) is 20.4. The van der Waals surface area contributed by atoms with E-state index in [9.17, 15) is 14.4 Å². The Morgan fingerprint density at radius 2 is 1.95 bits per heavy atom. The van der Waals surface area contributed by atoms with Gasteiger partial charge in [0, 0.05) is 11.2 Å². The number of ether oxygens (including phenoxy) is 1. The first-order valence-corrected chi connectivity index (χ1v) is 7.61. The van der Waals surface area contributed by atoms with Gasteiger partial charge < -0.3 is 15.0 Å². The predicted molar refractivity (Wildman–Crippen MR) is 77.0 cm³/mol. The summed E-state index contributed by atoms with van der Waals surface area (Å²) < 4.78 is 4.56. The lowest BCUT2D eigenvalue weighted by molar-refractivity contribution is -0.147. The van der Waals surface area contributed by atoms with Crippen LogP contribution in [-0.4, -0.2) is 53.5 Å². The number of nitrogens with one attached hydrogen (secondary N) is 1. The van der Waals surface area contributed by atoms with E-state index in [2.05, 4.69) is 10.1 Å². The van der Waals surface area contributed by atoms with E-state index < -0.39 is 23.5 Å². The molecule has 1 N–H and O–H groups in total. The van der Waals surface area contributed by atoms with E-state index >= 15 is 0 Å². The maximum atomic E-state index is 12.3. The second kappa shape index (κ2) is 6.47. The quantitative estimate of drug-likeness (QED) is 0.773. The maximum absolute atomic E-state index is 12.3. The van der Waals surface area contributed by atoms with Gasteiger partial charge in [0.1, 0.15) is 12.1 Å². The van der Waals surface area contributed by atoms with Crippen LogP contribution >= 0.6 is 11.8 Å². The van der Waals surface area contributed by atoms with Gasteiger partial charge in [-0.3, -0.25) is 9.59 Å². The zero-order valence-electron chi connectivity index (χ0n) is 12.6. The van der Waals surface area contributed by atoms with Crippen LogP contribution in [0.3, 0.4) is 0 Å². The van der Waals surface area contributed by atoms with Crippen molar-refractivity contribution in [3.63, 3.8) is 0 Å². The summed E-state index contributed by atoms with van der Waals surface area (Å²) in [4.78, 5) is 37.4. The first-order valence-electron chi connectivity index (χ1n) is 6.45. The van der Waals surface area contributed by atoms with E-state index in [4.69, 9.17) is 0 Å². The minimum Gasteiger partial charge on any atom is -0.467 e. The Hall–Kier alpha value is -1.24. The molecule has 0 radical (unpaired) electrons. The third-order valence-electron chi connectivity index (χ3n) is 3.00. The van der Waals surface area contributed by atoms with Crippen LogP contribution in [0.5, 0.6) is 0 Å². The minimum atomic E-state index is -0.718. The Bertz CT molecular complexity index is 406. The summed E-state index contributed by atoms with van der Waals surface area (Å²) in [6.45, 7) is 7.03. The van der Waals surface area contributed by atoms with Crippen molar-refractivity contribution >= 4 is 29.5 Å². The van der Waals surface area contributed by atoms with Gasteiger partial charge in [0.25, 0.3) is 0 Å². The van der Waals surface area contributed by atoms with Gasteiger partial charge in [0.2, 0.25) is 11.8 Å². The summed E-state index contributed by atoms with van der Waals surface area (Å²) >= 11 is 1.53. The monoisotopic (exact) mass is 302 g/mol. The fourth-order valence-electron chi connectivity index (χ4n) is 1.84. The molecule has 0 aromatic rings.